The number of aromatic nitrogens is 2. The van der Waals surface area contributed by atoms with Gasteiger partial charge in [-0.05, 0) is 55.6 Å². The monoisotopic (exact) mass is 269 g/mol. The standard InChI is InChI=1S/C17H23N3/c1-13(2)14-3-5-16(6-4-14)20-17(9-12-19-20)15-7-10-18-11-8-15/h3-6,9,12-13,15,18H,7-8,10-11H2,1-2H3. The summed E-state index contributed by atoms with van der Waals surface area (Å²) >= 11 is 0. The van der Waals surface area contributed by atoms with Crippen LogP contribution in [0.2, 0.25) is 0 Å². The van der Waals surface area contributed by atoms with Gasteiger partial charge in [0, 0.05) is 17.8 Å². The first-order chi connectivity index (χ1) is 9.75. The molecule has 1 saturated heterocycles. The third kappa shape index (κ3) is 2.63. The summed E-state index contributed by atoms with van der Waals surface area (Å²) in [6, 6.07) is 11.0. The van der Waals surface area contributed by atoms with Gasteiger partial charge < -0.3 is 5.32 Å². The number of rotatable bonds is 3. The van der Waals surface area contributed by atoms with Crippen molar-refractivity contribution in [2.75, 3.05) is 13.1 Å². The lowest BCUT2D eigenvalue weighted by Gasteiger charge is -2.23. The summed E-state index contributed by atoms with van der Waals surface area (Å²) in [7, 11) is 0. The Morgan fingerprint density at radius 2 is 1.80 bits per heavy atom. The molecule has 0 amide bonds. The van der Waals surface area contributed by atoms with Crippen LogP contribution in [0.5, 0.6) is 0 Å². The van der Waals surface area contributed by atoms with Crippen molar-refractivity contribution in [1.29, 1.82) is 0 Å². The molecule has 1 aromatic carbocycles. The van der Waals surface area contributed by atoms with Crippen LogP contribution in [0.15, 0.2) is 36.5 Å². The van der Waals surface area contributed by atoms with Gasteiger partial charge in [0.25, 0.3) is 0 Å². The smallest absolute Gasteiger partial charge is 0.0649 e. The van der Waals surface area contributed by atoms with Crippen LogP contribution in [0.4, 0.5) is 0 Å². The van der Waals surface area contributed by atoms with E-state index in [1.165, 1.54) is 29.8 Å². The lowest BCUT2D eigenvalue weighted by molar-refractivity contribution is 0.446. The zero-order valence-electron chi connectivity index (χ0n) is 12.3. The molecule has 0 unspecified atom stereocenters. The maximum atomic E-state index is 4.53. The maximum Gasteiger partial charge on any atom is 0.0649 e. The van der Waals surface area contributed by atoms with Crippen LogP contribution in [0.3, 0.4) is 0 Å². The quantitative estimate of drug-likeness (QED) is 0.924. The van der Waals surface area contributed by atoms with Crippen molar-refractivity contribution in [3.8, 4) is 5.69 Å². The summed E-state index contributed by atoms with van der Waals surface area (Å²) in [4.78, 5) is 0. The molecule has 0 saturated carbocycles. The van der Waals surface area contributed by atoms with Crippen molar-refractivity contribution < 1.29 is 0 Å². The molecule has 2 aromatic rings. The predicted octanol–water partition coefficient (Wildman–Crippen LogP) is 3.46. The molecule has 0 spiro atoms. The summed E-state index contributed by atoms with van der Waals surface area (Å²) in [5.74, 6) is 1.20. The summed E-state index contributed by atoms with van der Waals surface area (Å²) in [5.41, 5.74) is 3.90. The van der Waals surface area contributed by atoms with Gasteiger partial charge in [-0.3, -0.25) is 0 Å². The fraction of sp³-hybridized carbons (Fsp3) is 0.471. The summed E-state index contributed by atoms with van der Waals surface area (Å²) in [5, 5.41) is 7.96. The molecule has 0 bridgehead atoms. The normalized spacial score (nSPS) is 16.8. The van der Waals surface area contributed by atoms with Crippen molar-refractivity contribution in [2.45, 2.75) is 38.5 Å². The zero-order chi connectivity index (χ0) is 13.9. The summed E-state index contributed by atoms with van der Waals surface area (Å²) < 4.78 is 2.11. The molecule has 3 nitrogen and oxygen atoms in total. The summed E-state index contributed by atoms with van der Waals surface area (Å²) in [6.45, 7) is 6.68. The SMILES string of the molecule is CC(C)c1ccc(-n2nccc2C2CCNCC2)cc1. The van der Waals surface area contributed by atoms with Gasteiger partial charge in [-0.25, -0.2) is 4.68 Å². The van der Waals surface area contributed by atoms with Crippen molar-refractivity contribution in [1.82, 2.24) is 15.1 Å². The average molecular weight is 269 g/mol. The van der Waals surface area contributed by atoms with E-state index in [0.29, 0.717) is 11.8 Å². The van der Waals surface area contributed by atoms with E-state index in [0.717, 1.165) is 13.1 Å². The maximum absolute atomic E-state index is 4.53. The van der Waals surface area contributed by atoms with Gasteiger partial charge in [0.05, 0.1) is 5.69 Å². The van der Waals surface area contributed by atoms with Crippen molar-refractivity contribution in [3.63, 3.8) is 0 Å². The molecule has 2 heterocycles. The van der Waals surface area contributed by atoms with Crippen molar-refractivity contribution in [3.05, 3.63) is 47.8 Å². The number of nitrogens with zero attached hydrogens (tertiary/aromatic N) is 2. The minimum Gasteiger partial charge on any atom is -0.317 e. The molecule has 20 heavy (non-hydrogen) atoms. The van der Waals surface area contributed by atoms with Crippen molar-refractivity contribution >= 4 is 0 Å². The molecule has 106 valence electrons. The van der Waals surface area contributed by atoms with E-state index in [1.54, 1.807) is 0 Å². The van der Waals surface area contributed by atoms with Gasteiger partial charge in [0.15, 0.2) is 0 Å². The van der Waals surface area contributed by atoms with Gasteiger partial charge in [0.1, 0.15) is 0 Å². The van der Waals surface area contributed by atoms with Crippen LogP contribution in [0.25, 0.3) is 5.69 Å². The van der Waals surface area contributed by atoms with Crippen LogP contribution >= 0.6 is 0 Å². The van der Waals surface area contributed by atoms with Gasteiger partial charge in [-0.15, -0.1) is 0 Å². The van der Waals surface area contributed by atoms with Gasteiger partial charge in [-0.1, -0.05) is 26.0 Å². The highest BCUT2D eigenvalue weighted by Crippen LogP contribution is 2.27. The van der Waals surface area contributed by atoms with Crippen LogP contribution in [-0.2, 0) is 0 Å². The minimum atomic E-state index is 0.575. The number of nitrogens with one attached hydrogen (secondary N) is 1. The Bertz CT molecular complexity index is 548. The van der Waals surface area contributed by atoms with E-state index < -0.39 is 0 Å². The highest BCUT2D eigenvalue weighted by atomic mass is 15.3. The molecule has 1 aromatic heterocycles. The molecular formula is C17H23N3. The first kappa shape index (κ1) is 13.4. The predicted molar refractivity (Wildman–Crippen MR) is 82.5 cm³/mol. The second kappa shape index (κ2) is 5.80. The Hall–Kier alpha value is -1.61. The van der Waals surface area contributed by atoms with E-state index in [-0.39, 0.29) is 0 Å². The molecule has 3 rings (SSSR count). The highest BCUT2D eigenvalue weighted by molar-refractivity contribution is 5.37. The largest absolute Gasteiger partial charge is 0.317 e. The molecule has 0 aliphatic carbocycles. The Morgan fingerprint density at radius 3 is 2.45 bits per heavy atom. The van der Waals surface area contributed by atoms with Gasteiger partial charge in [0.2, 0.25) is 0 Å². The number of benzene rings is 1. The zero-order valence-corrected chi connectivity index (χ0v) is 12.3. The second-order valence-electron chi connectivity index (χ2n) is 5.94. The van der Waals surface area contributed by atoms with Gasteiger partial charge in [-0.2, -0.15) is 5.10 Å². The lowest BCUT2D eigenvalue weighted by atomic mass is 9.94. The summed E-state index contributed by atoms with van der Waals surface area (Å²) in [6.07, 6.45) is 4.33. The van der Waals surface area contributed by atoms with Crippen LogP contribution in [-0.4, -0.2) is 22.9 Å². The van der Waals surface area contributed by atoms with Crippen LogP contribution in [0.1, 0.15) is 49.8 Å². The first-order valence-electron chi connectivity index (χ1n) is 7.60. The van der Waals surface area contributed by atoms with Crippen LogP contribution < -0.4 is 5.32 Å². The number of hydrogen-bond donors (Lipinski definition) is 1. The fourth-order valence-electron chi connectivity index (χ4n) is 2.96. The topological polar surface area (TPSA) is 29.9 Å². The highest BCUT2D eigenvalue weighted by Gasteiger charge is 2.19. The third-order valence-electron chi connectivity index (χ3n) is 4.23. The molecular weight excluding hydrogens is 246 g/mol. The molecule has 3 heteroatoms. The number of hydrogen-bond acceptors (Lipinski definition) is 2. The Morgan fingerprint density at radius 1 is 1.10 bits per heavy atom. The van der Waals surface area contributed by atoms with Gasteiger partial charge >= 0.3 is 0 Å². The molecule has 1 fully saturated rings. The van der Waals surface area contributed by atoms with E-state index in [1.807, 2.05) is 6.20 Å². The fourth-order valence-corrected chi connectivity index (χ4v) is 2.96. The Labute approximate surface area is 121 Å². The van der Waals surface area contributed by atoms with Crippen LogP contribution in [0, 0.1) is 0 Å². The third-order valence-corrected chi connectivity index (χ3v) is 4.23. The second-order valence-corrected chi connectivity index (χ2v) is 5.94. The van der Waals surface area contributed by atoms with E-state index in [9.17, 15) is 0 Å². The minimum absolute atomic E-state index is 0.575. The van der Waals surface area contributed by atoms with E-state index >= 15 is 0 Å². The van der Waals surface area contributed by atoms with E-state index in [2.05, 4.69) is 59.3 Å². The Balaban J connectivity index is 1.88. The molecule has 1 aliphatic heterocycles. The Kier molecular flexibility index (Phi) is 3.88. The van der Waals surface area contributed by atoms with Crippen molar-refractivity contribution in [2.24, 2.45) is 0 Å². The molecule has 1 N–H and O–H groups in total. The average Bonchev–Trinajstić information content (AvgIpc) is 2.97. The molecule has 0 radical (unpaired) electrons. The molecule has 0 atom stereocenters. The van der Waals surface area contributed by atoms with E-state index in [4.69, 9.17) is 0 Å². The number of piperidine rings is 1. The first-order valence-corrected chi connectivity index (χ1v) is 7.60. The lowest BCUT2D eigenvalue weighted by Crippen LogP contribution is -2.27. The molecule has 1 aliphatic rings.